The number of fused-ring (bicyclic) bond motifs is 1. The van der Waals surface area contributed by atoms with Gasteiger partial charge in [0.15, 0.2) is 5.65 Å². The number of nitrogens with zero attached hydrogens (tertiary/aromatic N) is 4. The Hall–Kier alpha value is -3.54. The average Bonchev–Trinajstić information content (AvgIpc) is 3.17. The fourth-order valence-corrected chi connectivity index (χ4v) is 3.15. The summed E-state index contributed by atoms with van der Waals surface area (Å²) in [5.74, 6) is -0.198. The van der Waals surface area contributed by atoms with Crippen LogP contribution in [0.4, 0.5) is 0 Å². The average molecular weight is 399 g/mol. The lowest BCUT2D eigenvalue weighted by atomic mass is 9.93. The van der Waals surface area contributed by atoms with Crippen LogP contribution in [0.15, 0.2) is 60.9 Å². The van der Waals surface area contributed by atoms with Gasteiger partial charge in [0.1, 0.15) is 5.69 Å². The van der Waals surface area contributed by atoms with Crippen molar-refractivity contribution in [3.63, 3.8) is 0 Å². The molecular formula is C24H25N5O. The number of carbonyl (C=O) groups is 1. The molecule has 0 spiro atoms. The van der Waals surface area contributed by atoms with Gasteiger partial charge in [-0.15, -0.1) is 0 Å². The number of hydrogen-bond acceptors (Lipinski definition) is 4. The largest absolute Gasteiger partial charge is 0.347 e. The third-order valence-electron chi connectivity index (χ3n) is 4.98. The zero-order chi connectivity index (χ0) is 21.3. The Morgan fingerprint density at radius 1 is 1.03 bits per heavy atom. The quantitative estimate of drug-likeness (QED) is 0.554. The molecule has 6 nitrogen and oxygen atoms in total. The van der Waals surface area contributed by atoms with Gasteiger partial charge in [-0.25, -0.2) is 9.50 Å². The maximum atomic E-state index is 13.1. The maximum absolute atomic E-state index is 13.1. The van der Waals surface area contributed by atoms with E-state index in [0.717, 1.165) is 22.5 Å². The molecule has 0 aliphatic carbocycles. The SMILES string of the molecule is Cc1ccc(-c2cc(C(=O)NCc3ccncc3)n3nc(C(C)(C)C)cc3n2)cc1. The van der Waals surface area contributed by atoms with Crippen LogP contribution < -0.4 is 5.32 Å². The summed E-state index contributed by atoms with van der Waals surface area (Å²) in [5.41, 5.74) is 5.73. The van der Waals surface area contributed by atoms with Gasteiger partial charge in [0.05, 0.1) is 11.4 Å². The summed E-state index contributed by atoms with van der Waals surface area (Å²) < 4.78 is 1.64. The minimum atomic E-state index is -0.198. The zero-order valence-electron chi connectivity index (χ0n) is 17.7. The molecule has 0 atom stereocenters. The lowest BCUT2D eigenvalue weighted by Crippen LogP contribution is -2.26. The molecule has 4 aromatic rings. The fourth-order valence-electron chi connectivity index (χ4n) is 3.15. The predicted molar refractivity (Wildman–Crippen MR) is 117 cm³/mol. The van der Waals surface area contributed by atoms with E-state index in [1.807, 2.05) is 49.4 Å². The van der Waals surface area contributed by atoms with Gasteiger partial charge in [0.25, 0.3) is 5.91 Å². The van der Waals surface area contributed by atoms with Gasteiger partial charge in [-0.3, -0.25) is 9.78 Å². The highest BCUT2D eigenvalue weighted by molar-refractivity contribution is 5.94. The molecule has 0 bridgehead atoms. The molecule has 3 aromatic heterocycles. The number of aromatic nitrogens is 4. The Labute approximate surface area is 176 Å². The summed E-state index contributed by atoms with van der Waals surface area (Å²) in [4.78, 5) is 21.9. The summed E-state index contributed by atoms with van der Waals surface area (Å²) in [6, 6.07) is 15.7. The molecule has 1 N–H and O–H groups in total. The molecular weight excluding hydrogens is 374 g/mol. The molecule has 0 fully saturated rings. The van der Waals surface area contributed by atoms with Crippen LogP contribution in [0.5, 0.6) is 0 Å². The van der Waals surface area contributed by atoms with Gasteiger partial charge in [0, 0.05) is 36.0 Å². The number of hydrogen-bond donors (Lipinski definition) is 1. The second-order valence-corrected chi connectivity index (χ2v) is 8.48. The van der Waals surface area contributed by atoms with Crippen molar-refractivity contribution >= 4 is 11.6 Å². The Bertz CT molecular complexity index is 1190. The van der Waals surface area contributed by atoms with Crippen molar-refractivity contribution in [1.29, 1.82) is 0 Å². The lowest BCUT2D eigenvalue weighted by Gasteiger charge is -2.13. The Morgan fingerprint density at radius 3 is 2.40 bits per heavy atom. The number of rotatable bonds is 4. The van der Waals surface area contributed by atoms with Crippen molar-refractivity contribution in [3.05, 3.63) is 83.4 Å². The van der Waals surface area contributed by atoms with Crippen LogP contribution in [0.2, 0.25) is 0 Å². The molecule has 0 saturated carbocycles. The van der Waals surface area contributed by atoms with Crippen LogP contribution in [0.1, 0.15) is 48.1 Å². The van der Waals surface area contributed by atoms with E-state index < -0.39 is 0 Å². The van der Waals surface area contributed by atoms with E-state index in [1.165, 1.54) is 5.56 Å². The molecule has 30 heavy (non-hydrogen) atoms. The van der Waals surface area contributed by atoms with E-state index in [2.05, 4.69) is 31.1 Å². The van der Waals surface area contributed by atoms with Crippen molar-refractivity contribution in [2.75, 3.05) is 0 Å². The van der Waals surface area contributed by atoms with Crippen LogP contribution in [0.3, 0.4) is 0 Å². The molecule has 0 saturated heterocycles. The van der Waals surface area contributed by atoms with E-state index in [-0.39, 0.29) is 11.3 Å². The number of nitrogens with one attached hydrogen (secondary N) is 1. The standard InChI is InChI=1S/C24H25N5O/c1-16-5-7-18(8-6-16)19-13-20(23(30)26-15-17-9-11-25-12-10-17)29-22(27-19)14-21(28-29)24(2,3)4/h5-14H,15H2,1-4H3,(H,26,30). The predicted octanol–water partition coefficient (Wildman–Crippen LogP) is 4.33. The minimum absolute atomic E-state index is 0.150. The second kappa shape index (κ2) is 7.71. The first-order valence-electron chi connectivity index (χ1n) is 9.97. The van der Waals surface area contributed by atoms with E-state index in [1.54, 1.807) is 23.0 Å². The first-order chi connectivity index (χ1) is 14.3. The first-order valence-corrected chi connectivity index (χ1v) is 9.97. The molecule has 6 heteroatoms. The highest BCUT2D eigenvalue weighted by Gasteiger charge is 2.22. The molecule has 152 valence electrons. The van der Waals surface area contributed by atoms with Gasteiger partial charge in [-0.05, 0) is 30.7 Å². The molecule has 3 heterocycles. The van der Waals surface area contributed by atoms with E-state index in [9.17, 15) is 4.79 Å². The minimum Gasteiger partial charge on any atom is -0.347 e. The van der Waals surface area contributed by atoms with Crippen molar-refractivity contribution < 1.29 is 4.79 Å². The summed E-state index contributed by atoms with van der Waals surface area (Å²) in [7, 11) is 0. The van der Waals surface area contributed by atoms with Crippen LogP contribution in [0, 0.1) is 6.92 Å². The van der Waals surface area contributed by atoms with Gasteiger partial charge >= 0.3 is 0 Å². The van der Waals surface area contributed by atoms with E-state index in [0.29, 0.717) is 17.9 Å². The van der Waals surface area contributed by atoms with Gasteiger partial charge in [-0.1, -0.05) is 50.6 Å². The molecule has 1 amide bonds. The number of carbonyl (C=O) groups excluding carboxylic acids is 1. The lowest BCUT2D eigenvalue weighted by molar-refractivity contribution is 0.0943. The van der Waals surface area contributed by atoms with E-state index >= 15 is 0 Å². The second-order valence-electron chi connectivity index (χ2n) is 8.48. The van der Waals surface area contributed by atoms with Crippen LogP contribution in [0.25, 0.3) is 16.9 Å². The molecule has 0 radical (unpaired) electrons. The van der Waals surface area contributed by atoms with Crippen LogP contribution in [-0.4, -0.2) is 25.5 Å². The monoisotopic (exact) mass is 399 g/mol. The van der Waals surface area contributed by atoms with Crippen molar-refractivity contribution in [1.82, 2.24) is 24.9 Å². The summed E-state index contributed by atoms with van der Waals surface area (Å²) in [6.07, 6.45) is 3.43. The number of amides is 1. The Kier molecular flexibility index (Phi) is 5.08. The van der Waals surface area contributed by atoms with Gasteiger partial charge in [0.2, 0.25) is 0 Å². The zero-order valence-corrected chi connectivity index (χ0v) is 17.7. The van der Waals surface area contributed by atoms with Crippen LogP contribution >= 0.6 is 0 Å². The van der Waals surface area contributed by atoms with Gasteiger partial charge in [-0.2, -0.15) is 5.10 Å². The topological polar surface area (TPSA) is 72.2 Å². The van der Waals surface area contributed by atoms with Crippen molar-refractivity contribution in [3.8, 4) is 11.3 Å². The maximum Gasteiger partial charge on any atom is 0.270 e. The Balaban J connectivity index is 1.77. The molecule has 0 aliphatic rings. The molecule has 1 aromatic carbocycles. The number of pyridine rings is 1. The number of aryl methyl sites for hydroxylation is 1. The van der Waals surface area contributed by atoms with Gasteiger partial charge < -0.3 is 5.32 Å². The smallest absolute Gasteiger partial charge is 0.270 e. The number of benzene rings is 1. The summed E-state index contributed by atoms with van der Waals surface area (Å²) in [6.45, 7) is 8.75. The normalized spacial score (nSPS) is 11.6. The fraction of sp³-hybridized carbons (Fsp3) is 0.250. The van der Waals surface area contributed by atoms with Crippen molar-refractivity contribution in [2.45, 2.75) is 39.7 Å². The molecule has 4 rings (SSSR count). The van der Waals surface area contributed by atoms with E-state index in [4.69, 9.17) is 10.1 Å². The van der Waals surface area contributed by atoms with Crippen molar-refractivity contribution in [2.24, 2.45) is 0 Å². The molecule has 0 aliphatic heterocycles. The summed E-state index contributed by atoms with van der Waals surface area (Å²) in [5, 5.41) is 7.68. The third-order valence-corrected chi connectivity index (χ3v) is 4.98. The highest BCUT2D eigenvalue weighted by Crippen LogP contribution is 2.25. The highest BCUT2D eigenvalue weighted by atomic mass is 16.2. The summed E-state index contributed by atoms with van der Waals surface area (Å²) >= 11 is 0. The Morgan fingerprint density at radius 2 is 1.73 bits per heavy atom. The molecule has 0 unspecified atom stereocenters. The van der Waals surface area contributed by atoms with Crippen LogP contribution in [-0.2, 0) is 12.0 Å². The third kappa shape index (κ3) is 4.08. The first kappa shape index (κ1) is 19.8.